The molecule has 1 saturated carbocycles. The first-order valence-electron chi connectivity index (χ1n) is 7.29. The average molecular weight is 288 g/mol. The Balaban J connectivity index is 2.09. The molecule has 7 nitrogen and oxygen atoms in total. The number of carbonyl (C=O) groups excluding carboxylic acids is 1. The first-order chi connectivity index (χ1) is 10.1. The van der Waals surface area contributed by atoms with Crippen molar-refractivity contribution in [1.82, 2.24) is 25.0 Å². The molecule has 2 aromatic rings. The Labute approximate surface area is 123 Å². The number of anilines is 1. The third-order valence-corrected chi connectivity index (χ3v) is 4.79. The van der Waals surface area contributed by atoms with E-state index in [0.29, 0.717) is 29.0 Å². The number of hydrogen-bond donors (Lipinski definition) is 1. The van der Waals surface area contributed by atoms with Crippen LogP contribution >= 0.6 is 0 Å². The lowest BCUT2D eigenvalue weighted by Gasteiger charge is -2.18. The summed E-state index contributed by atoms with van der Waals surface area (Å²) < 4.78 is 1.87. The predicted molar refractivity (Wildman–Crippen MR) is 78.9 cm³/mol. The van der Waals surface area contributed by atoms with Crippen LogP contribution in [0, 0.1) is 24.7 Å². The molecule has 0 radical (unpaired) electrons. The van der Waals surface area contributed by atoms with Gasteiger partial charge in [0.1, 0.15) is 12.1 Å². The fourth-order valence-electron chi connectivity index (χ4n) is 3.29. The fraction of sp³-hybridized carbons (Fsp3) is 0.643. The van der Waals surface area contributed by atoms with Gasteiger partial charge in [0.25, 0.3) is 0 Å². The molecule has 0 spiro atoms. The molecule has 112 valence electrons. The number of hydrogen-bond acceptors (Lipinski definition) is 6. The van der Waals surface area contributed by atoms with Gasteiger partial charge in [-0.05, 0) is 25.2 Å². The molecule has 1 unspecified atom stereocenters. The molecule has 3 rings (SSSR count). The number of nitrogens with zero attached hydrogens (tertiary/aromatic N) is 5. The van der Waals surface area contributed by atoms with E-state index in [2.05, 4.69) is 39.4 Å². The first kappa shape index (κ1) is 13.9. The highest BCUT2D eigenvalue weighted by Gasteiger charge is 2.40. The van der Waals surface area contributed by atoms with Gasteiger partial charge in [-0.3, -0.25) is 0 Å². The smallest absolute Gasteiger partial charge is 0.184 e. The van der Waals surface area contributed by atoms with Gasteiger partial charge < -0.3 is 10.1 Å². The molecule has 0 bridgehead atoms. The third kappa shape index (κ3) is 2.07. The average Bonchev–Trinajstić information content (AvgIpc) is 3.01. The van der Waals surface area contributed by atoms with Crippen LogP contribution < -0.4 is 5.32 Å². The van der Waals surface area contributed by atoms with Crippen molar-refractivity contribution in [1.29, 1.82) is 0 Å². The lowest BCUT2D eigenvalue weighted by Crippen LogP contribution is -2.17. The number of aldehydes is 1. The highest BCUT2D eigenvalue weighted by atomic mass is 16.1. The van der Waals surface area contributed by atoms with Crippen LogP contribution in [-0.2, 0) is 4.79 Å². The van der Waals surface area contributed by atoms with Crippen LogP contribution in [-0.4, -0.2) is 38.3 Å². The van der Waals surface area contributed by atoms with Crippen LogP contribution in [0.1, 0.15) is 32.1 Å². The molecule has 0 saturated heterocycles. The SMILES string of the molecule is CNc1nc(C)nc2c1nnn2C1C[C@H](C=O)[C@@H](C)[C@H]1C. The van der Waals surface area contributed by atoms with Crippen LogP contribution in [0.5, 0.6) is 0 Å². The molecular weight excluding hydrogens is 268 g/mol. The van der Waals surface area contributed by atoms with E-state index in [9.17, 15) is 4.79 Å². The molecule has 1 aliphatic carbocycles. The summed E-state index contributed by atoms with van der Waals surface area (Å²) >= 11 is 0. The Kier molecular flexibility index (Phi) is 3.35. The monoisotopic (exact) mass is 288 g/mol. The molecular formula is C14H20N6O. The van der Waals surface area contributed by atoms with Gasteiger partial charge in [0.2, 0.25) is 0 Å². The normalized spacial score (nSPS) is 29.0. The van der Waals surface area contributed by atoms with Crippen molar-refractivity contribution in [3.8, 4) is 0 Å². The molecule has 0 aromatic carbocycles. The molecule has 7 heteroatoms. The van der Waals surface area contributed by atoms with Crippen molar-refractivity contribution in [2.24, 2.45) is 17.8 Å². The molecule has 21 heavy (non-hydrogen) atoms. The minimum Gasteiger partial charge on any atom is -0.371 e. The van der Waals surface area contributed by atoms with E-state index in [0.717, 1.165) is 18.4 Å². The lowest BCUT2D eigenvalue weighted by molar-refractivity contribution is -0.112. The predicted octanol–water partition coefficient (Wildman–Crippen LogP) is 1.60. The number of aromatic nitrogens is 5. The highest BCUT2D eigenvalue weighted by Crippen LogP contribution is 2.43. The van der Waals surface area contributed by atoms with Gasteiger partial charge >= 0.3 is 0 Å². The molecule has 2 aromatic heterocycles. The van der Waals surface area contributed by atoms with Crippen LogP contribution in [0.25, 0.3) is 11.2 Å². The summed E-state index contributed by atoms with van der Waals surface area (Å²) in [5.41, 5.74) is 1.42. The standard InChI is InChI=1S/C14H20N6O/c1-7-8(2)11(5-10(7)6-21)20-14-12(18-19-20)13(15-4)16-9(3)17-14/h6-8,10-11H,5H2,1-4H3,(H,15,16,17)/t7-,8+,10+,11?/m0/s1. The molecule has 2 heterocycles. The number of carbonyl (C=O) groups is 1. The lowest BCUT2D eigenvalue weighted by atomic mass is 9.93. The summed E-state index contributed by atoms with van der Waals surface area (Å²) in [6, 6.07) is 0.152. The van der Waals surface area contributed by atoms with Crippen molar-refractivity contribution >= 4 is 23.3 Å². The maximum absolute atomic E-state index is 11.2. The van der Waals surface area contributed by atoms with Crippen molar-refractivity contribution in [2.75, 3.05) is 12.4 Å². The summed E-state index contributed by atoms with van der Waals surface area (Å²) in [6.45, 7) is 6.15. The van der Waals surface area contributed by atoms with E-state index >= 15 is 0 Å². The number of rotatable bonds is 3. The number of fused-ring (bicyclic) bond motifs is 1. The molecule has 0 amide bonds. The van der Waals surface area contributed by atoms with E-state index in [1.165, 1.54) is 0 Å². The van der Waals surface area contributed by atoms with E-state index in [1.807, 2.05) is 18.7 Å². The van der Waals surface area contributed by atoms with Crippen molar-refractivity contribution in [3.05, 3.63) is 5.82 Å². The van der Waals surface area contributed by atoms with Crippen molar-refractivity contribution in [2.45, 2.75) is 33.2 Å². The Morgan fingerprint density at radius 1 is 1.29 bits per heavy atom. The molecule has 1 fully saturated rings. The Bertz CT molecular complexity index is 681. The largest absolute Gasteiger partial charge is 0.371 e. The van der Waals surface area contributed by atoms with Crippen LogP contribution in [0.3, 0.4) is 0 Å². The summed E-state index contributed by atoms with van der Waals surface area (Å²) in [4.78, 5) is 20.0. The minimum atomic E-state index is 0.0796. The van der Waals surface area contributed by atoms with Gasteiger partial charge in [0, 0.05) is 13.0 Å². The molecule has 1 aliphatic rings. The summed E-state index contributed by atoms with van der Waals surface area (Å²) in [5, 5.41) is 11.5. The van der Waals surface area contributed by atoms with Gasteiger partial charge in [-0.15, -0.1) is 5.10 Å². The number of nitrogens with one attached hydrogen (secondary N) is 1. The van der Waals surface area contributed by atoms with Crippen LogP contribution in [0.15, 0.2) is 0 Å². The van der Waals surface area contributed by atoms with Crippen LogP contribution in [0.2, 0.25) is 0 Å². The minimum absolute atomic E-state index is 0.0796. The zero-order valence-electron chi connectivity index (χ0n) is 12.7. The Morgan fingerprint density at radius 2 is 2.05 bits per heavy atom. The zero-order valence-corrected chi connectivity index (χ0v) is 12.7. The topological polar surface area (TPSA) is 85.6 Å². The van der Waals surface area contributed by atoms with E-state index in [-0.39, 0.29) is 12.0 Å². The second-order valence-corrected chi connectivity index (χ2v) is 5.90. The molecule has 1 N–H and O–H groups in total. The second kappa shape index (κ2) is 5.05. The zero-order chi connectivity index (χ0) is 15.1. The summed E-state index contributed by atoms with van der Waals surface area (Å²) in [6.07, 6.45) is 1.86. The first-order valence-corrected chi connectivity index (χ1v) is 7.29. The number of aryl methyl sites for hydroxylation is 1. The van der Waals surface area contributed by atoms with E-state index in [4.69, 9.17) is 0 Å². The van der Waals surface area contributed by atoms with Crippen molar-refractivity contribution < 1.29 is 4.79 Å². The van der Waals surface area contributed by atoms with E-state index in [1.54, 1.807) is 0 Å². The van der Waals surface area contributed by atoms with Crippen LogP contribution in [0.4, 0.5) is 5.82 Å². The van der Waals surface area contributed by atoms with Gasteiger partial charge in [-0.25, -0.2) is 14.6 Å². The summed E-state index contributed by atoms with van der Waals surface area (Å²) in [7, 11) is 1.81. The molecule has 4 atom stereocenters. The van der Waals surface area contributed by atoms with Gasteiger partial charge in [-0.2, -0.15) is 0 Å². The fourth-order valence-corrected chi connectivity index (χ4v) is 3.29. The highest BCUT2D eigenvalue weighted by molar-refractivity contribution is 5.82. The van der Waals surface area contributed by atoms with Crippen molar-refractivity contribution in [3.63, 3.8) is 0 Å². The van der Waals surface area contributed by atoms with Gasteiger partial charge in [-0.1, -0.05) is 19.1 Å². The third-order valence-electron chi connectivity index (χ3n) is 4.79. The summed E-state index contributed by atoms with van der Waals surface area (Å²) in [5.74, 6) is 2.16. The maximum Gasteiger partial charge on any atom is 0.184 e. The maximum atomic E-state index is 11.2. The van der Waals surface area contributed by atoms with E-state index < -0.39 is 0 Å². The Morgan fingerprint density at radius 3 is 2.67 bits per heavy atom. The Hall–Kier alpha value is -2.05. The quantitative estimate of drug-likeness (QED) is 0.863. The van der Waals surface area contributed by atoms with Gasteiger partial charge in [0.05, 0.1) is 6.04 Å². The van der Waals surface area contributed by atoms with Gasteiger partial charge in [0.15, 0.2) is 17.0 Å². The second-order valence-electron chi connectivity index (χ2n) is 5.90. The molecule has 0 aliphatic heterocycles.